The van der Waals surface area contributed by atoms with Gasteiger partial charge in [-0.2, -0.15) is 0 Å². The molecular formula is C18H22N4O2. The lowest BCUT2D eigenvalue weighted by atomic mass is 9.88. The Morgan fingerprint density at radius 1 is 1.42 bits per heavy atom. The molecule has 0 fully saturated rings. The van der Waals surface area contributed by atoms with Crippen LogP contribution in [-0.4, -0.2) is 21.8 Å². The molecule has 1 atom stereocenters. The van der Waals surface area contributed by atoms with Gasteiger partial charge in [-0.1, -0.05) is 19.4 Å². The number of nitrogens with one attached hydrogen (secondary N) is 3. The second-order valence-electron chi connectivity index (χ2n) is 6.18. The van der Waals surface area contributed by atoms with Crippen molar-refractivity contribution in [2.45, 2.75) is 45.4 Å². The van der Waals surface area contributed by atoms with Crippen LogP contribution < -0.4 is 10.6 Å². The van der Waals surface area contributed by atoms with Gasteiger partial charge in [0.05, 0.1) is 0 Å². The predicted octanol–water partition coefficient (Wildman–Crippen LogP) is 3.18. The monoisotopic (exact) mass is 326 g/mol. The number of amides is 2. The number of aryl methyl sites for hydroxylation is 1. The Labute approximate surface area is 141 Å². The molecule has 2 aromatic rings. The van der Waals surface area contributed by atoms with Crippen LogP contribution in [0, 0.1) is 0 Å². The van der Waals surface area contributed by atoms with Crippen molar-refractivity contribution in [2.24, 2.45) is 0 Å². The summed E-state index contributed by atoms with van der Waals surface area (Å²) in [5, 5.41) is 5.63. The number of benzene rings is 1. The second kappa shape index (κ2) is 6.86. The highest BCUT2D eigenvalue weighted by atomic mass is 16.2. The highest BCUT2D eigenvalue weighted by Gasteiger charge is 2.28. The molecule has 3 N–H and O–H groups in total. The van der Waals surface area contributed by atoms with Crippen LogP contribution in [0.2, 0.25) is 0 Å². The molecule has 6 heteroatoms. The molecule has 0 aliphatic carbocycles. The Morgan fingerprint density at radius 3 is 3.00 bits per heavy atom. The number of imidazole rings is 1. The SMILES string of the molecule is CCCCc1ncc([C@@H]2CC(=O)Nc3cc(NC(C)=O)ccc32)[nH]1. The fourth-order valence-corrected chi connectivity index (χ4v) is 3.05. The van der Waals surface area contributed by atoms with Gasteiger partial charge in [-0.3, -0.25) is 9.59 Å². The topological polar surface area (TPSA) is 86.9 Å². The van der Waals surface area contributed by atoms with Gasteiger partial charge in [0.2, 0.25) is 11.8 Å². The van der Waals surface area contributed by atoms with Crippen LogP contribution in [-0.2, 0) is 16.0 Å². The van der Waals surface area contributed by atoms with Gasteiger partial charge in [0, 0.05) is 48.9 Å². The van der Waals surface area contributed by atoms with Crippen LogP contribution in [0.3, 0.4) is 0 Å². The maximum Gasteiger partial charge on any atom is 0.225 e. The Kier molecular flexibility index (Phi) is 4.64. The van der Waals surface area contributed by atoms with Gasteiger partial charge < -0.3 is 15.6 Å². The molecule has 2 heterocycles. The number of carbonyl (C=O) groups is 2. The molecule has 0 unspecified atom stereocenters. The standard InChI is InChI=1S/C18H22N4O2/c1-3-4-5-17-19-10-16(21-17)14-9-18(24)22-15-8-12(20-11(2)23)6-7-13(14)15/h6-8,10,14H,3-5,9H2,1-2H3,(H,19,21)(H,20,23)(H,22,24)/t14-/m1/s1. The average molecular weight is 326 g/mol. The summed E-state index contributed by atoms with van der Waals surface area (Å²) in [6.45, 7) is 3.61. The predicted molar refractivity (Wildman–Crippen MR) is 93.0 cm³/mol. The zero-order valence-corrected chi connectivity index (χ0v) is 14.0. The van der Waals surface area contributed by atoms with Crippen molar-refractivity contribution in [3.05, 3.63) is 41.5 Å². The normalized spacial score (nSPS) is 16.4. The molecule has 1 aromatic carbocycles. The minimum atomic E-state index is -0.136. The zero-order chi connectivity index (χ0) is 17.1. The number of hydrogen-bond donors (Lipinski definition) is 3. The van der Waals surface area contributed by atoms with Crippen LogP contribution in [0.15, 0.2) is 24.4 Å². The highest BCUT2D eigenvalue weighted by molar-refractivity contribution is 5.97. The van der Waals surface area contributed by atoms with Crippen molar-refractivity contribution >= 4 is 23.2 Å². The molecule has 0 spiro atoms. The first-order chi connectivity index (χ1) is 11.6. The van der Waals surface area contributed by atoms with E-state index in [0.29, 0.717) is 12.1 Å². The second-order valence-corrected chi connectivity index (χ2v) is 6.18. The number of H-pyrrole nitrogens is 1. The number of rotatable bonds is 5. The molecule has 3 rings (SSSR count). The Bertz CT molecular complexity index is 766. The number of fused-ring (bicyclic) bond motifs is 1. The van der Waals surface area contributed by atoms with Gasteiger partial charge >= 0.3 is 0 Å². The lowest BCUT2D eigenvalue weighted by molar-refractivity contribution is -0.116. The highest BCUT2D eigenvalue weighted by Crippen LogP contribution is 2.37. The van der Waals surface area contributed by atoms with Crippen molar-refractivity contribution in [1.29, 1.82) is 0 Å². The van der Waals surface area contributed by atoms with E-state index in [0.717, 1.165) is 42.0 Å². The summed E-state index contributed by atoms with van der Waals surface area (Å²) in [5.74, 6) is 0.761. The first kappa shape index (κ1) is 16.2. The molecule has 1 aliphatic rings. The van der Waals surface area contributed by atoms with E-state index in [1.165, 1.54) is 6.92 Å². The molecule has 0 saturated heterocycles. The van der Waals surface area contributed by atoms with E-state index in [4.69, 9.17) is 0 Å². The number of aromatic amines is 1. The number of nitrogens with zero attached hydrogens (tertiary/aromatic N) is 1. The van der Waals surface area contributed by atoms with E-state index >= 15 is 0 Å². The van der Waals surface area contributed by atoms with E-state index in [2.05, 4.69) is 27.5 Å². The lowest BCUT2D eigenvalue weighted by Crippen LogP contribution is -2.24. The van der Waals surface area contributed by atoms with Crippen LogP contribution in [0.4, 0.5) is 11.4 Å². The summed E-state index contributed by atoms with van der Waals surface area (Å²) in [4.78, 5) is 31.1. The van der Waals surface area contributed by atoms with E-state index in [1.807, 2.05) is 18.3 Å². The Morgan fingerprint density at radius 2 is 2.25 bits per heavy atom. The Balaban J connectivity index is 1.89. The lowest BCUT2D eigenvalue weighted by Gasteiger charge is -2.25. The van der Waals surface area contributed by atoms with Crippen molar-refractivity contribution < 1.29 is 9.59 Å². The minimum absolute atomic E-state index is 0.0304. The van der Waals surface area contributed by atoms with E-state index in [1.54, 1.807) is 6.07 Å². The average Bonchev–Trinajstić information content (AvgIpc) is 3.00. The van der Waals surface area contributed by atoms with Gasteiger partial charge in [-0.15, -0.1) is 0 Å². The number of carbonyl (C=O) groups excluding carboxylic acids is 2. The molecule has 0 radical (unpaired) electrons. The van der Waals surface area contributed by atoms with Crippen molar-refractivity contribution in [1.82, 2.24) is 9.97 Å². The van der Waals surface area contributed by atoms with Gasteiger partial charge in [0.25, 0.3) is 0 Å². The number of unbranched alkanes of at least 4 members (excludes halogenated alkanes) is 1. The molecule has 24 heavy (non-hydrogen) atoms. The summed E-state index contributed by atoms with van der Waals surface area (Å²) >= 11 is 0. The third kappa shape index (κ3) is 3.48. The van der Waals surface area contributed by atoms with Gasteiger partial charge in [0.1, 0.15) is 5.82 Å². The summed E-state index contributed by atoms with van der Waals surface area (Å²) in [6, 6.07) is 5.62. The summed E-state index contributed by atoms with van der Waals surface area (Å²) in [5.41, 5.74) is 3.42. The van der Waals surface area contributed by atoms with Crippen LogP contribution in [0.1, 0.15) is 56.1 Å². The fraction of sp³-hybridized carbons (Fsp3) is 0.389. The van der Waals surface area contributed by atoms with Crippen LogP contribution in [0.5, 0.6) is 0 Å². The third-order valence-corrected chi connectivity index (χ3v) is 4.20. The van der Waals surface area contributed by atoms with E-state index in [9.17, 15) is 9.59 Å². The van der Waals surface area contributed by atoms with Crippen molar-refractivity contribution in [2.75, 3.05) is 10.6 Å². The van der Waals surface area contributed by atoms with Crippen LogP contribution >= 0.6 is 0 Å². The summed E-state index contributed by atoms with van der Waals surface area (Å²) in [6.07, 6.45) is 5.36. The summed E-state index contributed by atoms with van der Waals surface area (Å²) < 4.78 is 0. The Hall–Kier alpha value is -2.63. The molecule has 126 valence electrons. The quantitative estimate of drug-likeness (QED) is 0.788. The van der Waals surface area contributed by atoms with Gasteiger partial charge in [-0.25, -0.2) is 4.98 Å². The first-order valence-corrected chi connectivity index (χ1v) is 8.32. The largest absolute Gasteiger partial charge is 0.345 e. The molecule has 0 bridgehead atoms. The van der Waals surface area contributed by atoms with Crippen molar-refractivity contribution in [3.8, 4) is 0 Å². The zero-order valence-electron chi connectivity index (χ0n) is 14.0. The van der Waals surface area contributed by atoms with Crippen molar-refractivity contribution in [3.63, 3.8) is 0 Å². The van der Waals surface area contributed by atoms with Gasteiger partial charge in [0.15, 0.2) is 0 Å². The van der Waals surface area contributed by atoms with Crippen LogP contribution in [0.25, 0.3) is 0 Å². The molecule has 0 saturated carbocycles. The minimum Gasteiger partial charge on any atom is -0.345 e. The maximum absolute atomic E-state index is 12.1. The smallest absolute Gasteiger partial charge is 0.225 e. The number of anilines is 2. The first-order valence-electron chi connectivity index (χ1n) is 8.32. The third-order valence-electron chi connectivity index (χ3n) is 4.20. The van der Waals surface area contributed by atoms with E-state index < -0.39 is 0 Å². The molecular weight excluding hydrogens is 304 g/mol. The number of aromatic nitrogens is 2. The summed E-state index contributed by atoms with van der Waals surface area (Å²) in [7, 11) is 0. The molecule has 1 aliphatic heterocycles. The van der Waals surface area contributed by atoms with E-state index in [-0.39, 0.29) is 17.7 Å². The number of hydrogen-bond acceptors (Lipinski definition) is 3. The maximum atomic E-state index is 12.1. The molecule has 2 amide bonds. The van der Waals surface area contributed by atoms with Gasteiger partial charge in [-0.05, 0) is 24.1 Å². The fourth-order valence-electron chi connectivity index (χ4n) is 3.05. The molecule has 6 nitrogen and oxygen atoms in total. The molecule has 1 aromatic heterocycles.